The second kappa shape index (κ2) is 20.2. The normalized spacial score (nSPS) is 17.7. The minimum absolute atomic E-state index is 0.0179. The van der Waals surface area contributed by atoms with Gasteiger partial charge in [0.05, 0.1) is 27.1 Å². The van der Waals surface area contributed by atoms with Gasteiger partial charge in [-0.2, -0.15) is 13.2 Å². The van der Waals surface area contributed by atoms with Crippen molar-refractivity contribution >= 4 is 60.9 Å². The Morgan fingerprint density at radius 3 is 2.47 bits per heavy atom. The number of carbonyl (C=O) groups is 1. The highest BCUT2D eigenvalue weighted by atomic mass is 35.5. The van der Waals surface area contributed by atoms with Crippen molar-refractivity contribution < 1.29 is 36.0 Å². The van der Waals surface area contributed by atoms with Crippen molar-refractivity contribution in [2.24, 2.45) is 11.3 Å². The molecule has 0 atom stereocenters. The van der Waals surface area contributed by atoms with Crippen LogP contribution in [0.1, 0.15) is 80.8 Å². The van der Waals surface area contributed by atoms with Gasteiger partial charge in [0, 0.05) is 73.7 Å². The average Bonchev–Trinajstić information content (AvgIpc) is 3.78. The number of nitro groups is 1. The fraction of sp³-hybridized carbons (Fsp3) is 0.440. The summed E-state index contributed by atoms with van der Waals surface area (Å²) in [5, 5.41) is 16.2. The summed E-state index contributed by atoms with van der Waals surface area (Å²) >= 11 is 6.55. The number of halogens is 4. The first-order valence-electron chi connectivity index (χ1n) is 23.2. The van der Waals surface area contributed by atoms with Gasteiger partial charge in [-0.15, -0.1) is 0 Å². The van der Waals surface area contributed by atoms with E-state index in [0.29, 0.717) is 68.6 Å². The maximum absolute atomic E-state index is 14.1. The summed E-state index contributed by atoms with van der Waals surface area (Å²) in [4.78, 5) is 39.7. The van der Waals surface area contributed by atoms with Gasteiger partial charge in [-0.1, -0.05) is 44.0 Å². The number of H-pyrrole nitrogens is 1. The number of hydrogen-bond donors (Lipinski definition) is 2. The van der Waals surface area contributed by atoms with Crippen LogP contribution in [0.15, 0.2) is 89.6 Å². The van der Waals surface area contributed by atoms with Gasteiger partial charge in [0.15, 0.2) is 15.6 Å². The lowest BCUT2D eigenvalue weighted by Crippen LogP contribution is -2.47. The SMILES string of the molecule is CCN1CCC(CCNc2ccc(S(=O)(=O)CC(=O)c3ccc(N4CCN(CC5=C(c6ccc(C(F)(F)F)cc6Cl)CC(C)(C)CC5)CC4)cc3Oc3cnc4[nH]ccc4c3)cc2[N+](=O)[O-])CC1. The monoisotopic (exact) mass is 975 g/mol. The molecule has 0 radical (unpaired) electrons. The van der Waals surface area contributed by atoms with E-state index < -0.39 is 38.0 Å². The zero-order valence-corrected chi connectivity index (χ0v) is 40.1. The van der Waals surface area contributed by atoms with Crippen LogP contribution in [-0.4, -0.2) is 104 Å². The van der Waals surface area contributed by atoms with Gasteiger partial charge in [0.1, 0.15) is 28.6 Å². The van der Waals surface area contributed by atoms with Crippen LogP contribution in [0, 0.1) is 21.4 Å². The number of benzene rings is 3. The first-order chi connectivity index (χ1) is 32.4. The molecule has 2 saturated heterocycles. The molecule has 0 saturated carbocycles. The molecule has 0 amide bonds. The summed E-state index contributed by atoms with van der Waals surface area (Å²) < 4.78 is 74.6. The number of hydrogen-bond acceptors (Lipinski definition) is 11. The molecule has 3 aliphatic rings. The molecule has 3 aromatic carbocycles. The van der Waals surface area contributed by atoms with Gasteiger partial charge in [-0.3, -0.25) is 19.8 Å². The topological polar surface area (TPSA) is 154 Å². The van der Waals surface area contributed by atoms with Crippen LogP contribution in [0.3, 0.4) is 0 Å². The van der Waals surface area contributed by atoms with Gasteiger partial charge < -0.3 is 24.8 Å². The maximum Gasteiger partial charge on any atom is 0.416 e. The van der Waals surface area contributed by atoms with Crippen LogP contribution >= 0.6 is 11.6 Å². The highest BCUT2D eigenvalue weighted by Crippen LogP contribution is 2.46. The molecule has 0 unspecified atom stereocenters. The number of fused-ring (bicyclic) bond motifs is 1. The molecular formula is C50H57ClF3N7O6S. The molecule has 2 aliphatic heterocycles. The van der Waals surface area contributed by atoms with Gasteiger partial charge in [0.25, 0.3) is 5.69 Å². The number of ether oxygens (including phenoxy) is 1. The lowest BCUT2D eigenvalue weighted by molar-refractivity contribution is -0.384. The summed E-state index contributed by atoms with van der Waals surface area (Å²) in [5.41, 5.74) is 3.21. The van der Waals surface area contributed by atoms with Gasteiger partial charge in [-0.05, 0) is 129 Å². The van der Waals surface area contributed by atoms with Crippen molar-refractivity contribution in [3.8, 4) is 11.5 Å². The second-order valence-corrected chi connectivity index (χ2v) is 21.4. The average molecular weight is 977 g/mol. The molecule has 362 valence electrons. The van der Waals surface area contributed by atoms with Crippen molar-refractivity contribution in [1.82, 2.24) is 19.8 Å². The Kier molecular flexibility index (Phi) is 14.6. The Bertz CT molecular complexity index is 2820. The number of alkyl halides is 3. The van der Waals surface area contributed by atoms with Crippen LogP contribution in [-0.2, 0) is 16.0 Å². The number of nitrogens with one attached hydrogen (secondary N) is 2. The predicted octanol–water partition coefficient (Wildman–Crippen LogP) is 10.9. The molecule has 1 aliphatic carbocycles. The second-order valence-electron chi connectivity index (χ2n) is 19.0. The number of pyridine rings is 1. The third kappa shape index (κ3) is 11.5. The molecule has 68 heavy (non-hydrogen) atoms. The van der Waals surface area contributed by atoms with Crippen LogP contribution in [0.2, 0.25) is 5.02 Å². The molecule has 2 N–H and O–H groups in total. The summed E-state index contributed by atoms with van der Waals surface area (Å²) in [5.74, 6) is -0.751. The summed E-state index contributed by atoms with van der Waals surface area (Å²) in [6.45, 7) is 13.2. The van der Waals surface area contributed by atoms with Crippen LogP contribution in [0.25, 0.3) is 16.6 Å². The first-order valence-corrected chi connectivity index (χ1v) is 25.2. The molecule has 0 spiro atoms. The third-order valence-corrected chi connectivity index (χ3v) is 15.6. The smallest absolute Gasteiger partial charge is 0.416 e. The number of piperazine rings is 1. The molecule has 0 bridgehead atoms. The highest BCUT2D eigenvalue weighted by molar-refractivity contribution is 7.92. The number of carbonyl (C=O) groups excluding carboxylic acids is 1. The maximum atomic E-state index is 14.1. The summed E-state index contributed by atoms with van der Waals surface area (Å²) in [6, 6.07) is 15.9. The Labute approximate surface area is 399 Å². The van der Waals surface area contributed by atoms with Crippen LogP contribution < -0.4 is 15.0 Å². The van der Waals surface area contributed by atoms with E-state index in [1.807, 2.05) is 6.07 Å². The van der Waals surface area contributed by atoms with E-state index >= 15 is 0 Å². The summed E-state index contributed by atoms with van der Waals surface area (Å²) in [6.07, 6.45) is 4.14. The van der Waals surface area contributed by atoms with Crippen LogP contribution in [0.5, 0.6) is 11.5 Å². The zero-order valence-electron chi connectivity index (χ0n) is 38.5. The van der Waals surface area contributed by atoms with Crippen molar-refractivity contribution in [2.75, 3.05) is 74.9 Å². The van der Waals surface area contributed by atoms with Crippen LogP contribution in [0.4, 0.5) is 30.2 Å². The number of nitrogens with zero attached hydrogens (tertiary/aromatic N) is 5. The number of piperidine rings is 1. The molecule has 4 heterocycles. The molecule has 2 fully saturated rings. The Hall–Kier alpha value is -5.49. The minimum Gasteiger partial charge on any atom is -0.455 e. The molecule has 13 nitrogen and oxygen atoms in total. The molecule has 5 aromatic rings. The molecular weight excluding hydrogens is 919 g/mol. The van der Waals surface area contributed by atoms with E-state index in [0.717, 1.165) is 92.2 Å². The lowest BCUT2D eigenvalue weighted by Gasteiger charge is -2.39. The fourth-order valence-electron chi connectivity index (χ4n) is 9.63. The van der Waals surface area contributed by atoms with E-state index in [-0.39, 0.29) is 38.0 Å². The number of rotatable bonds is 16. The lowest BCUT2D eigenvalue weighted by atomic mass is 9.72. The predicted molar refractivity (Wildman–Crippen MR) is 260 cm³/mol. The number of anilines is 2. The van der Waals surface area contributed by atoms with Crippen molar-refractivity contribution in [2.45, 2.75) is 70.4 Å². The van der Waals surface area contributed by atoms with Gasteiger partial charge in [0.2, 0.25) is 0 Å². The molecule has 8 rings (SSSR count). The number of Topliss-reactive ketones (excluding diaryl/α,β-unsaturated/α-hetero) is 1. The number of allylic oxidation sites excluding steroid dienone is 1. The minimum atomic E-state index is -4.49. The number of ketones is 1. The number of aromatic amines is 1. The Morgan fingerprint density at radius 1 is 1.00 bits per heavy atom. The number of aromatic nitrogens is 2. The molecule has 18 heteroatoms. The van der Waals surface area contributed by atoms with Crippen molar-refractivity contribution in [3.05, 3.63) is 117 Å². The van der Waals surface area contributed by atoms with E-state index in [4.69, 9.17) is 16.3 Å². The Morgan fingerprint density at radius 2 is 1.76 bits per heavy atom. The third-order valence-electron chi connectivity index (χ3n) is 13.7. The number of nitro benzene ring substituents is 1. The van der Waals surface area contributed by atoms with Crippen molar-refractivity contribution in [3.63, 3.8) is 0 Å². The van der Waals surface area contributed by atoms with E-state index in [1.54, 1.807) is 30.5 Å². The number of sulfone groups is 1. The molecule has 2 aromatic heterocycles. The largest absolute Gasteiger partial charge is 0.455 e. The van der Waals surface area contributed by atoms with Gasteiger partial charge in [-0.25, -0.2) is 13.4 Å². The zero-order chi connectivity index (χ0) is 48.4. The van der Waals surface area contributed by atoms with E-state index in [2.05, 4.69) is 50.8 Å². The quantitative estimate of drug-likeness (QED) is 0.0552. The van der Waals surface area contributed by atoms with E-state index in [9.17, 15) is 36.5 Å². The number of likely N-dealkylation sites (tertiary alicyclic amines) is 1. The standard InChI is InChI=1S/C50H57ClF3N7O6S/c1-4-58-19-14-33(15-20-58)12-17-55-44-10-7-39(28-45(44)61(63)64)68(65,66)32-46(62)41-9-6-37(27-47(41)67-38-25-34-13-18-56-48(34)57-30-38)60-23-21-59(22-24-60)31-35-11-16-49(2,3)29-42(35)40-8-5-36(26-43(40)51)50(52,53)54/h5-10,13,18,25-28,30,33,55H,4,11-12,14-17,19-24,29,31-32H2,1-3H3,(H,56,57). The van der Waals surface area contributed by atoms with Gasteiger partial charge >= 0.3 is 6.18 Å². The first kappa shape index (κ1) is 48.9. The fourth-order valence-corrected chi connectivity index (χ4v) is 11.2. The Balaban J connectivity index is 0.983. The van der Waals surface area contributed by atoms with E-state index in [1.165, 1.54) is 24.4 Å². The van der Waals surface area contributed by atoms with Crippen molar-refractivity contribution in [1.29, 1.82) is 0 Å². The highest BCUT2D eigenvalue weighted by Gasteiger charge is 2.34. The summed E-state index contributed by atoms with van der Waals surface area (Å²) in [7, 11) is -4.36.